The lowest BCUT2D eigenvalue weighted by Crippen LogP contribution is -2.06. The van der Waals surface area contributed by atoms with E-state index in [0.29, 0.717) is 34.9 Å². The van der Waals surface area contributed by atoms with Gasteiger partial charge in [0.15, 0.2) is 5.69 Å². The maximum Gasteiger partial charge on any atom is 0.356 e. The van der Waals surface area contributed by atoms with E-state index in [2.05, 4.69) is 15.0 Å². The monoisotopic (exact) mass is 425 g/mol. The van der Waals surface area contributed by atoms with E-state index in [1.165, 1.54) is 18.5 Å². The number of aromatic nitrogens is 5. The number of hydrogen-bond acceptors (Lipinski definition) is 4. The predicted molar refractivity (Wildman–Crippen MR) is 115 cm³/mol. The van der Waals surface area contributed by atoms with E-state index >= 15 is 0 Å². The van der Waals surface area contributed by atoms with Crippen LogP contribution in [0.1, 0.15) is 33.1 Å². The molecule has 6 rings (SSSR count). The van der Waals surface area contributed by atoms with Gasteiger partial charge in [-0.2, -0.15) is 0 Å². The number of aromatic amines is 1. The Balaban J connectivity index is 1.51. The molecular weight excluding hydrogens is 409 g/mol. The highest BCUT2D eigenvalue weighted by Gasteiger charge is 2.26. The summed E-state index contributed by atoms with van der Waals surface area (Å²) < 4.78 is 15.9. The molecule has 0 aliphatic carbocycles. The Morgan fingerprint density at radius 2 is 2.06 bits per heavy atom. The van der Waals surface area contributed by atoms with Gasteiger partial charge in [0.25, 0.3) is 0 Å². The summed E-state index contributed by atoms with van der Waals surface area (Å²) in [5.74, 6) is -0.900. The fourth-order valence-corrected chi connectivity index (χ4v) is 4.36. The second kappa shape index (κ2) is 6.84. The first-order valence-corrected chi connectivity index (χ1v) is 10.1. The fraction of sp³-hybridized carbons (Fsp3) is 0.0833. The smallest absolute Gasteiger partial charge is 0.356 e. The summed E-state index contributed by atoms with van der Waals surface area (Å²) >= 11 is 0. The Morgan fingerprint density at radius 3 is 2.94 bits per heavy atom. The van der Waals surface area contributed by atoms with Gasteiger partial charge in [-0.15, -0.1) is 0 Å². The molecule has 156 valence electrons. The summed E-state index contributed by atoms with van der Waals surface area (Å²) in [6, 6.07) is 12.4. The van der Waals surface area contributed by atoms with Crippen LogP contribution in [0.3, 0.4) is 0 Å². The lowest BCUT2D eigenvalue weighted by atomic mass is 10.0. The lowest BCUT2D eigenvalue weighted by molar-refractivity contribution is 0.0690. The average Bonchev–Trinajstić information content (AvgIpc) is 3.36. The van der Waals surface area contributed by atoms with Crippen molar-refractivity contribution in [2.45, 2.75) is 12.8 Å². The van der Waals surface area contributed by atoms with E-state index in [0.717, 1.165) is 22.0 Å². The van der Waals surface area contributed by atoms with Crippen molar-refractivity contribution < 1.29 is 14.3 Å². The number of carboxylic acid groups (broad SMARTS) is 1. The van der Waals surface area contributed by atoms with Gasteiger partial charge < -0.3 is 14.7 Å². The summed E-state index contributed by atoms with van der Waals surface area (Å²) in [4.78, 5) is 28.4. The third kappa shape index (κ3) is 2.80. The number of hydrogen-bond donors (Lipinski definition) is 2. The van der Waals surface area contributed by atoms with Crippen molar-refractivity contribution >= 4 is 16.9 Å². The molecule has 0 saturated carbocycles. The van der Waals surface area contributed by atoms with E-state index < -0.39 is 11.8 Å². The Morgan fingerprint density at radius 1 is 1.19 bits per heavy atom. The maximum atomic E-state index is 14.2. The Kier molecular flexibility index (Phi) is 3.94. The molecule has 0 saturated heterocycles. The van der Waals surface area contributed by atoms with E-state index in [4.69, 9.17) is 4.98 Å². The van der Waals surface area contributed by atoms with Gasteiger partial charge in [-0.1, -0.05) is 18.2 Å². The lowest BCUT2D eigenvalue weighted by Gasteiger charge is -2.11. The first kappa shape index (κ1) is 18.4. The molecule has 1 aliphatic heterocycles. The number of imidazole rings is 1. The minimum atomic E-state index is -1.11. The molecule has 2 aromatic carbocycles. The van der Waals surface area contributed by atoms with Crippen molar-refractivity contribution in [3.63, 3.8) is 0 Å². The van der Waals surface area contributed by atoms with Crippen LogP contribution >= 0.6 is 0 Å². The molecule has 1 aliphatic rings. The van der Waals surface area contributed by atoms with Crippen LogP contribution < -0.4 is 0 Å². The highest BCUT2D eigenvalue weighted by atomic mass is 19.1. The van der Waals surface area contributed by atoms with Crippen molar-refractivity contribution in [1.29, 1.82) is 0 Å². The number of halogens is 1. The van der Waals surface area contributed by atoms with Crippen molar-refractivity contribution in [3.05, 3.63) is 95.3 Å². The van der Waals surface area contributed by atoms with Crippen LogP contribution in [0.5, 0.6) is 0 Å². The number of para-hydroxylation sites is 1. The predicted octanol–water partition coefficient (Wildman–Crippen LogP) is 4.14. The molecular formula is C24H16FN5O2. The zero-order valence-corrected chi connectivity index (χ0v) is 16.7. The number of rotatable bonds is 3. The summed E-state index contributed by atoms with van der Waals surface area (Å²) in [7, 11) is 0. The summed E-state index contributed by atoms with van der Waals surface area (Å²) in [6.45, 7) is 0. The van der Waals surface area contributed by atoms with E-state index in [1.807, 2.05) is 30.5 Å². The van der Waals surface area contributed by atoms with Crippen LogP contribution in [-0.2, 0) is 12.8 Å². The second-order valence-electron chi connectivity index (χ2n) is 7.75. The fourth-order valence-electron chi connectivity index (χ4n) is 4.36. The second-order valence-corrected chi connectivity index (χ2v) is 7.75. The molecule has 32 heavy (non-hydrogen) atoms. The normalized spacial score (nSPS) is 12.2. The van der Waals surface area contributed by atoms with Gasteiger partial charge in [0, 0.05) is 47.3 Å². The molecule has 0 atom stereocenters. The molecule has 7 nitrogen and oxygen atoms in total. The number of carboxylic acids is 1. The third-order valence-electron chi connectivity index (χ3n) is 5.84. The first-order valence-electron chi connectivity index (χ1n) is 10.1. The van der Waals surface area contributed by atoms with Crippen molar-refractivity contribution in [3.8, 4) is 16.9 Å². The van der Waals surface area contributed by atoms with Crippen LogP contribution in [0.25, 0.3) is 27.8 Å². The molecule has 0 amide bonds. The van der Waals surface area contributed by atoms with Gasteiger partial charge in [0.05, 0.1) is 17.1 Å². The molecule has 4 heterocycles. The molecule has 3 aromatic heterocycles. The first-order chi connectivity index (χ1) is 15.6. The Bertz CT molecular complexity index is 1530. The zero-order valence-electron chi connectivity index (χ0n) is 16.7. The van der Waals surface area contributed by atoms with Crippen molar-refractivity contribution in [1.82, 2.24) is 24.5 Å². The third-order valence-corrected chi connectivity index (χ3v) is 5.84. The van der Waals surface area contributed by atoms with Gasteiger partial charge in [-0.25, -0.2) is 24.1 Å². The summed E-state index contributed by atoms with van der Waals surface area (Å²) in [6.07, 6.45) is 5.90. The van der Waals surface area contributed by atoms with Crippen LogP contribution in [0.15, 0.2) is 61.2 Å². The molecule has 0 radical (unpaired) electrons. The van der Waals surface area contributed by atoms with Crippen LogP contribution in [-0.4, -0.2) is 35.6 Å². The topological polar surface area (TPSA) is 96.7 Å². The highest BCUT2D eigenvalue weighted by Crippen LogP contribution is 2.35. The van der Waals surface area contributed by atoms with Crippen molar-refractivity contribution in [2.24, 2.45) is 0 Å². The van der Waals surface area contributed by atoms with Crippen molar-refractivity contribution in [2.75, 3.05) is 0 Å². The molecule has 5 aromatic rings. The zero-order chi connectivity index (χ0) is 21.8. The standard InChI is InChI=1S/C24H16FN5O2/c25-15-5-6-19-17(9-15)22-14(7-20-23(24(31)32)28-12-30(19)20)11-27-21(29-22)8-13-10-26-18-4-2-1-3-16(13)18/h1-6,9-12,26H,7-8H2,(H,31,32). The molecule has 0 bridgehead atoms. The number of H-pyrrole nitrogens is 1. The van der Waals surface area contributed by atoms with E-state index in [9.17, 15) is 14.3 Å². The number of benzene rings is 2. The average molecular weight is 425 g/mol. The Labute approximate surface area is 181 Å². The molecule has 0 fully saturated rings. The van der Waals surface area contributed by atoms with E-state index in [-0.39, 0.29) is 12.1 Å². The Hall–Kier alpha value is -4.33. The number of fused-ring (bicyclic) bond motifs is 6. The number of nitrogens with one attached hydrogen (secondary N) is 1. The molecule has 0 spiro atoms. The highest BCUT2D eigenvalue weighted by molar-refractivity contribution is 5.88. The quantitative estimate of drug-likeness (QED) is 0.444. The number of nitrogens with zero attached hydrogens (tertiary/aromatic N) is 4. The molecule has 2 N–H and O–H groups in total. The minimum Gasteiger partial charge on any atom is -0.476 e. The van der Waals surface area contributed by atoms with E-state index in [1.54, 1.807) is 16.8 Å². The SMILES string of the molecule is O=C(O)c1ncn2c1Cc1cnc(Cc3c[nH]c4ccccc34)nc1-c1cc(F)ccc1-2. The number of aromatic carboxylic acids is 1. The molecule has 8 heteroatoms. The van der Waals surface area contributed by atoms with Gasteiger partial charge in [-0.05, 0) is 29.8 Å². The van der Waals surface area contributed by atoms with Crippen LogP contribution in [0.2, 0.25) is 0 Å². The summed E-state index contributed by atoms with van der Waals surface area (Å²) in [5.41, 5.74) is 5.13. The van der Waals surface area contributed by atoms with Crippen LogP contribution in [0, 0.1) is 5.82 Å². The minimum absolute atomic E-state index is 0.0315. The van der Waals surface area contributed by atoms with Crippen LogP contribution in [0.4, 0.5) is 4.39 Å². The van der Waals surface area contributed by atoms with Gasteiger partial charge in [0.1, 0.15) is 18.0 Å². The largest absolute Gasteiger partial charge is 0.476 e. The summed E-state index contributed by atoms with van der Waals surface area (Å²) in [5, 5.41) is 10.7. The molecule has 0 unspecified atom stereocenters. The number of carbonyl (C=O) groups is 1. The van der Waals surface area contributed by atoms with Gasteiger partial charge >= 0.3 is 5.97 Å². The maximum absolute atomic E-state index is 14.2. The van der Waals surface area contributed by atoms with Gasteiger partial charge in [0.2, 0.25) is 0 Å². The van der Waals surface area contributed by atoms with Gasteiger partial charge in [-0.3, -0.25) is 0 Å².